The number of carboxylic acid groups (broad SMARTS) is 1. The van der Waals surface area contributed by atoms with Crippen molar-refractivity contribution in [2.45, 2.75) is 18.4 Å². The van der Waals surface area contributed by atoms with E-state index < -0.39 is 17.3 Å². The maximum absolute atomic E-state index is 12.9. The maximum atomic E-state index is 12.9. The first-order valence-corrected chi connectivity index (χ1v) is 4.35. The van der Waals surface area contributed by atoms with Gasteiger partial charge in [0.1, 0.15) is 11.4 Å². The quantitative estimate of drug-likeness (QED) is 0.703. The second kappa shape index (κ2) is 2.78. The number of benzene rings is 1. The second-order valence-corrected chi connectivity index (χ2v) is 3.58. The molecule has 0 bridgehead atoms. The molecule has 0 fully saturated rings. The Morgan fingerprint density at radius 3 is 2.93 bits per heavy atom. The molecule has 0 saturated carbocycles. The highest BCUT2D eigenvalue weighted by Gasteiger charge is 2.42. The van der Waals surface area contributed by atoms with Crippen LogP contribution in [0.5, 0.6) is 0 Å². The summed E-state index contributed by atoms with van der Waals surface area (Å²) in [5.74, 6) is -1.54. The molecule has 2 rings (SSSR count). The summed E-state index contributed by atoms with van der Waals surface area (Å²) in [5.41, 5.74) is 5.55. The fraction of sp³-hybridized carbons (Fsp3) is 0.300. The lowest BCUT2D eigenvalue weighted by atomic mass is 9.93. The van der Waals surface area contributed by atoms with E-state index in [0.29, 0.717) is 18.4 Å². The van der Waals surface area contributed by atoms with Gasteiger partial charge in [-0.3, -0.25) is 0 Å². The van der Waals surface area contributed by atoms with Crippen molar-refractivity contribution in [1.82, 2.24) is 0 Å². The molecule has 1 aliphatic rings. The van der Waals surface area contributed by atoms with Gasteiger partial charge in [0.25, 0.3) is 0 Å². The van der Waals surface area contributed by atoms with E-state index in [2.05, 4.69) is 0 Å². The standard InChI is InChI=1S/C10H10FNO2/c11-7-2-1-6-3-4-10(12,9(13)14)8(6)5-7/h1-2,5H,3-4,12H2,(H,13,14)/t10-/m1/s1. The van der Waals surface area contributed by atoms with Gasteiger partial charge in [-0.25, -0.2) is 9.18 Å². The summed E-state index contributed by atoms with van der Waals surface area (Å²) < 4.78 is 12.9. The predicted octanol–water partition coefficient (Wildman–Crippen LogP) is 1.01. The number of hydrogen-bond donors (Lipinski definition) is 2. The van der Waals surface area contributed by atoms with Gasteiger partial charge in [0.15, 0.2) is 0 Å². The third-order valence-electron chi connectivity index (χ3n) is 2.72. The normalized spacial score (nSPS) is 24.7. The molecule has 1 aromatic carbocycles. The lowest BCUT2D eigenvalue weighted by molar-refractivity contribution is -0.143. The smallest absolute Gasteiger partial charge is 0.328 e. The molecule has 4 heteroatoms. The minimum absolute atomic E-state index is 0.334. The highest BCUT2D eigenvalue weighted by Crippen LogP contribution is 2.35. The average Bonchev–Trinajstić information content (AvgIpc) is 2.46. The Hall–Kier alpha value is -1.42. The summed E-state index contributed by atoms with van der Waals surface area (Å²) in [6.07, 6.45) is 0.930. The molecule has 14 heavy (non-hydrogen) atoms. The second-order valence-electron chi connectivity index (χ2n) is 3.58. The molecule has 0 aliphatic heterocycles. The van der Waals surface area contributed by atoms with Crippen LogP contribution in [0, 0.1) is 5.82 Å². The lowest BCUT2D eigenvalue weighted by Crippen LogP contribution is -2.42. The van der Waals surface area contributed by atoms with Crippen LogP contribution in [0.25, 0.3) is 0 Å². The Balaban J connectivity index is 2.58. The zero-order valence-electron chi connectivity index (χ0n) is 7.46. The molecule has 0 spiro atoms. The van der Waals surface area contributed by atoms with Crippen molar-refractivity contribution in [1.29, 1.82) is 0 Å². The van der Waals surface area contributed by atoms with Gasteiger partial charge in [0.05, 0.1) is 0 Å². The molecule has 3 nitrogen and oxygen atoms in total. The molecule has 1 atom stereocenters. The van der Waals surface area contributed by atoms with E-state index in [1.165, 1.54) is 12.1 Å². The third-order valence-corrected chi connectivity index (χ3v) is 2.72. The van der Waals surface area contributed by atoms with Crippen LogP contribution in [0.15, 0.2) is 18.2 Å². The molecule has 3 N–H and O–H groups in total. The van der Waals surface area contributed by atoms with Crippen molar-refractivity contribution in [3.05, 3.63) is 35.1 Å². The fourth-order valence-corrected chi connectivity index (χ4v) is 1.87. The van der Waals surface area contributed by atoms with Gasteiger partial charge in [-0.1, -0.05) is 6.07 Å². The summed E-state index contributed by atoms with van der Waals surface area (Å²) in [6.45, 7) is 0. The van der Waals surface area contributed by atoms with E-state index in [9.17, 15) is 9.18 Å². The molecule has 0 saturated heterocycles. The number of nitrogens with two attached hydrogens (primary N) is 1. The van der Waals surface area contributed by atoms with Crippen molar-refractivity contribution in [2.24, 2.45) is 5.73 Å². The summed E-state index contributed by atoms with van der Waals surface area (Å²) in [6, 6.07) is 4.14. The Morgan fingerprint density at radius 2 is 2.29 bits per heavy atom. The minimum Gasteiger partial charge on any atom is -0.480 e. The first-order chi connectivity index (χ1) is 6.54. The molecular weight excluding hydrogens is 185 g/mol. The molecular formula is C10H10FNO2. The largest absolute Gasteiger partial charge is 0.480 e. The van der Waals surface area contributed by atoms with Crippen LogP contribution in [0.4, 0.5) is 4.39 Å². The first-order valence-electron chi connectivity index (χ1n) is 4.35. The zero-order valence-corrected chi connectivity index (χ0v) is 7.46. The van der Waals surface area contributed by atoms with Crippen LogP contribution >= 0.6 is 0 Å². The topological polar surface area (TPSA) is 63.3 Å². The number of rotatable bonds is 1. The molecule has 0 amide bonds. The van der Waals surface area contributed by atoms with Gasteiger partial charge in [-0.05, 0) is 36.1 Å². The van der Waals surface area contributed by atoms with E-state index in [0.717, 1.165) is 5.56 Å². The maximum Gasteiger partial charge on any atom is 0.328 e. The monoisotopic (exact) mass is 195 g/mol. The number of carboxylic acids is 1. The summed E-state index contributed by atoms with van der Waals surface area (Å²) in [7, 11) is 0. The molecule has 0 heterocycles. The van der Waals surface area contributed by atoms with Crippen molar-refractivity contribution in [3.8, 4) is 0 Å². The van der Waals surface area contributed by atoms with Crippen molar-refractivity contribution >= 4 is 5.97 Å². The summed E-state index contributed by atoms with van der Waals surface area (Å²) in [4.78, 5) is 10.9. The molecule has 74 valence electrons. The van der Waals surface area contributed by atoms with Gasteiger partial charge < -0.3 is 10.8 Å². The van der Waals surface area contributed by atoms with Crippen LogP contribution < -0.4 is 5.73 Å². The Morgan fingerprint density at radius 1 is 1.57 bits per heavy atom. The average molecular weight is 195 g/mol. The molecule has 1 aromatic rings. The number of halogens is 1. The zero-order chi connectivity index (χ0) is 10.3. The highest BCUT2D eigenvalue weighted by atomic mass is 19.1. The van der Waals surface area contributed by atoms with Crippen LogP contribution in [-0.4, -0.2) is 11.1 Å². The predicted molar refractivity (Wildman–Crippen MR) is 48.2 cm³/mol. The number of aliphatic carboxylic acids is 1. The summed E-state index contributed by atoms with van der Waals surface area (Å²) >= 11 is 0. The fourth-order valence-electron chi connectivity index (χ4n) is 1.87. The number of aryl methyl sites for hydroxylation is 1. The van der Waals surface area contributed by atoms with Gasteiger partial charge in [-0.2, -0.15) is 0 Å². The van der Waals surface area contributed by atoms with Crippen LogP contribution in [-0.2, 0) is 16.8 Å². The third kappa shape index (κ3) is 1.11. The van der Waals surface area contributed by atoms with Crippen molar-refractivity contribution < 1.29 is 14.3 Å². The lowest BCUT2D eigenvalue weighted by Gasteiger charge is -2.19. The number of fused-ring (bicyclic) bond motifs is 1. The van der Waals surface area contributed by atoms with Crippen LogP contribution in [0.1, 0.15) is 17.5 Å². The van der Waals surface area contributed by atoms with E-state index in [-0.39, 0.29) is 0 Å². The Labute approximate surface area is 80.3 Å². The number of carbonyl (C=O) groups is 1. The molecule has 0 aromatic heterocycles. The van der Waals surface area contributed by atoms with E-state index in [4.69, 9.17) is 10.8 Å². The van der Waals surface area contributed by atoms with Crippen molar-refractivity contribution in [3.63, 3.8) is 0 Å². The van der Waals surface area contributed by atoms with Crippen LogP contribution in [0.3, 0.4) is 0 Å². The SMILES string of the molecule is N[C@]1(C(=O)O)CCc2ccc(F)cc21. The Kier molecular flexibility index (Phi) is 1.82. The molecule has 1 aliphatic carbocycles. The van der Waals surface area contributed by atoms with E-state index in [1.807, 2.05) is 0 Å². The Bertz CT molecular complexity index is 405. The molecule has 0 radical (unpaired) electrons. The van der Waals surface area contributed by atoms with E-state index >= 15 is 0 Å². The summed E-state index contributed by atoms with van der Waals surface area (Å²) in [5, 5.41) is 8.96. The first kappa shape index (κ1) is 9.15. The van der Waals surface area contributed by atoms with E-state index in [1.54, 1.807) is 6.07 Å². The van der Waals surface area contributed by atoms with Gasteiger partial charge in [0, 0.05) is 0 Å². The highest BCUT2D eigenvalue weighted by molar-refractivity contribution is 5.82. The van der Waals surface area contributed by atoms with Gasteiger partial charge in [0.2, 0.25) is 0 Å². The van der Waals surface area contributed by atoms with Gasteiger partial charge >= 0.3 is 5.97 Å². The van der Waals surface area contributed by atoms with Crippen LogP contribution in [0.2, 0.25) is 0 Å². The van der Waals surface area contributed by atoms with Gasteiger partial charge in [-0.15, -0.1) is 0 Å². The molecule has 0 unspecified atom stereocenters. The number of hydrogen-bond acceptors (Lipinski definition) is 2. The van der Waals surface area contributed by atoms with Crippen molar-refractivity contribution in [2.75, 3.05) is 0 Å². The minimum atomic E-state index is -1.41.